The Morgan fingerprint density at radius 1 is 0.700 bits per heavy atom. The van der Waals surface area contributed by atoms with Crippen LogP contribution in [0.5, 0.6) is 0 Å². The molecule has 209 valence electrons. The van der Waals surface area contributed by atoms with E-state index in [-0.39, 0.29) is 0 Å². The van der Waals surface area contributed by atoms with E-state index in [9.17, 15) is 0 Å². The molecule has 2 atom stereocenters. The first kappa shape index (κ1) is 30.5. The summed E-state index contributed by atoms with van der Waals surface area (Å²) in [5.41, 5.74) is 0. The summed E-state index contributed by atoms with van der Waals surface area (Å²) in [5.74, 6) is 1.56. The number of halogens is 1. The number of imidazole rings is 2. The largest absolute Gasteiger partial charge is 0.237 e. The third-order valence-corrected chi connectivity index (χ3v) is 5.68. The number of aromatic nitrogens is 12. The van der Waals surface area contributed by atoms with E-state index >= 15 is 0 Å². The van der Waals surface area contributed by atoms with Gasteiger partial charge in [-0.1, -0.05) is 29.5 Å². The summed E-state index contributed by atoms with van der Waals surface area (Å²) < 4.78 is 7.56. The minimum Gasteiger partial charge on any atom is -0.237 e. The van der Waals surface area contributed by atoms with Crippen LogP contribution in [0.15, 0.2) is 111 Å². The molecule has 6 aromatic rings. The van der Waals surface area contributed by atoms with Crippen LogP contribution in [-0.2, 0) is 17.6 Å². The second kappa shape index (κ2) is 17.5. The van der Waals surface area contributed by atoms with Gasteiger partial charge in [0.25, 0.3) is 0 Å². The fraction of sp³-hybridized carbons (Fsp3) is 0.231. The summed E-state index contributed by atoms with van der Waals surface area (Å²) in [6, 6.07) is 12.3. The Bertz CT molecular complexity index is 1310. The summed E-state index contributed by atoms with van der Waals surface area (Å²) in [6.07, 6.45) is 23.9. The zero-order chi connectivity index (χ0) is 28.4. The van der Waals surface area contributed by atoms with E-state index < -0.39 is 0 Å². The van der Waals surface area contributed by atoms with Crippen LogP contribution in [0.25, 0.3) is 11.6 Å². The molecule has 40 heavy (non-hydrogen) atoms. The van der Waals surface area contributed by atoms with Gasteiger partial charge in [0, 0.05) is 49.3 Å². The molecule has 0 aliphatic rings. The van der Waals surface area contributed by atoms with Crippen LogP contribution in [-0.4, -0.2) is 59.1 Å². The predicted molar refractivity (Wildman–Crippen MR) is 147 cm³/mol. The monoisotopic (exact) mass is 737 g/mol. The molecule has 0 amide bonds. The molecule has 0 fully saturated rings. The maximum atomic E-state index is 4.67. The molecule has 0 saturated carbocycles. The second-order valence-electron chi connectivity index (χ2n) is 8.24. The van der Waals surface area contributed by atoms with E-state index in [2.05, 4.69) is 73.2 Å². The minimum absolute atomic E-state index is 0.467. The van der Waals surface area contributed by atoms with Crippen LogP contribution < -0.4 is 0 Å². The smallest absolute Gasteiger partial charge is 0.155 e. The van der Waals surface area contributed by atoms with Gasteiger partial charge in [-0.3, -0.25) is 0 Å². The zero-order valence-corrected chi connectivity index (χ0v) is 25.4. The first-order valence-electron chi connectivity index (χ1n) is 12.4. The minimum atomic E-state index is 0.467. The van der Waals surface area contributed by atoms with E-state index in [1.165, 1.54) is 17.6 Å². The first-order chi connectivity index (χ1) is 19.7. The van der Waals surface area contributed by atoms with Crippen molar-refractivity contribution >= 4 is 9.64 Å². The molecule has 12 nitrogen and oxygen atoms in total. The van der Waals surface area contributed by atoms with Gasteiger partial charge in [-0.05, 0) is 44.0 Å². The molecule has 2 unspecified atom stereocenters. The third-order valence-electron chi connectivity index (χ3n) is 5.68. The Kier molecular flexibility index (Phi) is 13.3. The van der Waals surface area contributed by atoms with Gasteiger partial charge in [-0.25, -0.2) is 29.3 Å². The fourth-order valence-corrected chi connectivity index (χ4v) is 3.67. The number of rotatable bonds is 7. The summed E-state index contributed by atoms with van der Waals surface area (Å²) in [5, 5.41) is 14.9. The van der Waals surface area contributed by atoms with Gasteiger partial charge in [0.05, 0.1) is 37.4 Å². The number of hydrogen-bond donors (Lipinski definition) is 0. The van der Waals surface area contributed by atoms with E-state index in [0.717, 1.165) is 24.5 Å². The number of hydrogen-bond acceptors (Lipinski definition) is 8. The summed E-state index contributed by atoms with van der Waals surface area (Å²) >= 11 is 1.33. The van der Waals surface area contributed by atoms with Gasteiger partial charge in [-0.15, -0.1) is 10.2 Å². The van der Waals surface area contributed by atoms with Gasteiger partial charge in [-0.2, -0.15) is 0 Å². The SMILES string of the molecule is CCC(CC(C)n1ccnc1)n1ccnc1.[Cl][Os].c1ccc(-n2ccnn2)nc1.c1ccc(-n2ccnn2)nc1. The van der Waals surface area contributed by atoms with E-state index in [0.29, 0.717) is 12.1 Å². The Hall–Kier alpha value is -4.07. The van der Waals surface area contributed by atoms with Crippen molar-refractivity contribution in [2.75, 3.05) is 0 Å². The van der Waals surface area contributed by atoms with Crippen LogP contribution >= 0.6 is 9.64 Å². The molecule has 6 aromatic heterocycles. The van der Waals surface area contributed by atoms with Gasteiger partial charge >= 0.3 is 27.2 Å². The van der Waals surface area contributed by atoms with Crippen molar-refractivity contribution in [1.82, 2.24) is 59.1 Å². The van der Waals surface area contributed by atoms with Crippen LogP contribution in [0.3, 0.4) is 0 Å². The van der Waals surface area contributed by atoms with Gasteiger partial charge in [0.1, 0.15) is 0 Å². The Balaban J connectivity index is 0.000000164. The van der Waals surface area contributed by atoms with Gasteiger partial charge in [0.15, 0.2) is 11.6 Å². The molecular weight excluding hydrogens is 706 g/mol. The molecule has 6 rings (SSSR count). The van der Waals surface area contributed by atoms with Crippen molar-refractivity contribution in [1.29, 1.82) is 0 Å². The van der Waals surface area contributed by atoms with E-state index in [1.807, 2.05) is 73.8 Å². The van der Waals surface area contributed by atoms with Crippen molar-refractivity contribution in [3.8, 4) is 11.6 Å². The average Bonchev–Trinajstić information content (AvgIpc) is 3.87. The van der Waals surface area contributed by atoms with Crippen LogP contribution in [0.2, 0.25) is 0 Å². The van der Waals surface area contributed by atoms with Gasteiger partial charge in [0.2, 0.25) is 0 Å². The van der Waals surface area contributed by atoms with Crippen molar-refractivity contribution < 1.29 is 17.6 Å². The Labute approximate surface area is 247 Å². The molecule has 14 heteroatoms. The summed E-state index contributed by atoms with van der Waals surface area (Å²) in [6.45, 7) is 4.44. The Morgan fingerprint density at radius 3 is 1.60 bits per heavy atom. The van der Waals surface area contributed by atoms with Gasteiger partial charge < -0.3 is 9.13 Å². The first-order valence-corrected chi connectivity index (χ1v) is 15.5. The van der Waals surface area contributed by atoms with Crippen molar-refractivity contribution in [3.63, 3.8) is 0 Å². The molecular formula is C26H30ClN12Os. The summed E-state index contributed by atoms with van der Waals surface area (Å²) in [4.78, 5) is 16.4. The third kappa shape index (κ3) is 9.59. The zero-order valence-electron chi connectivity index (χ0n) is 22.1. The molecule has 0 aliphatic heterocycles. The molecule has 0 aliphatic carbocycles. The average molecular weight is 736 g/mol. The van der Waals surface area contributed by atoms with E-state index in [1.54, 1.807) is 46.5 Å². The quantitative estimate of drug-likeness (QED) is 0.232. The molecule has 0 aromatic carbocycles. The molecule has 0 bridgehead atoms. The van der Waals surface area contributed by atoms with Crippen molar-refractivity contribution in [3.05, 3.63) is 111 Å². The fourth-order valence-electron chi connectivity index (χ4n) is 3.67. The maximum absolute atomic E-state index is 4.67. The topological polar surface area (TPSA) is 123 Å². The molecule has 0 spiro atoms. The maximum Gasteiger partial charge on any atom is 0.155 e. The summed E-state index contributed by atoms with van der Waals surface area (Å²) in [7, 11) is 4.67. The normalized spacial score (nSPS) is 11.5. The van der Waals surface area contributed by atoms with E-state index in [4.69, 9.17) is 0 Å². The van der Waals surface area contributed by atoms with Crippen LogP contribution in [0, 0.1) is 0 Å². The second-order valence-corrected chi connectivity index (χ2v) is 8.24. The number of pyridine rings is 2. The predicted octanol–water partition coefficient (Wildman–Crippen LogP) is 4.69. The molecule has 0 N–H and O–H groups in total. The van der Waals surface area contributed by atoms with Crippen molar-refractivity contribution in [2.45, 2.75) is 38.8 Å². The van der Waals surface area contributed by atoms with Crippen LogP contribution in [0.1, 0.15) is 38.8 Å². The Morgan fingerprint density at radius 2 is 1.23 bits per heavy atom. The standard InChI is InChI=1S/C12H18N4.2C7H6N4.ClH.Os/c1-3-12(16-7-5-14-10-16)8-11(2)15-6-4-13-9-15;2*1-2-4-8-7(3-1)11-6-5-9-10-11;;/h4-7,9-12H,3,8H2,1-2H3;2*1-6H;1H;/q;;;;+1/p-1. The molecule has 0 radical (unpaired) electrons. The molecule has 0 saturated heterocycles. The molecule has 6 heterocycles. The van der Waals surface area contributed by atoms with Crippen molar-refractivity contribution in [2.24, 2.45) is 0 Å². The van der Waals surface area contributed by atoms with Crippen LogP contribution in [0.4, 0.5) is 0 Å². The number of nitrogens with zero attached hydrogens (tertiary/aromatic N) is 12.